The van der Waals surface area contributed by atoms with E-state index < -0.39 is 23.6 Å². The lowest BCUT2D eigenvalue weighted by atomic mass is 9.80. The zero-order valence-corrected chi connectivity index (χ0v) is 12.6. The standard InChI is InChI=1S/C16H26O5/c17-14(16(20)21)13(15(18)19)12-10-8-6-4-2-1-3-5-7-9-11-12/h12-13H,1-11H2,(H,18,19)(H,20,21). The van der Waals surface area contributed by atoms with E-state index in [4.69, 9.17) is 5.11 Å². The third-order valence-corrected chi connectivity index (χ3v) is 4.38. The molecule has 0 aromatic rings. The summed E-state index contributed by atoms with van der Waals surface area (Å²) in [5, 5.41) is 18.1. The van der Waals surface area contributed by atoms with Crippen molar-refractivity contribution in [2.45, 2.75) is 70.6 Å². The van der Waals surface area contributed by atoms with Gasteiger partial charge in [0.1, 0.15) is 5.92 Å². The maximum absolute atomic E-state index is 11.7. The minimum absolute atomic E-state index is 0.342. The minimum atomic E-state index is -1.63. The molecule has 0 radical (unpaired) electrons. The molecule has 0 amide bonds. The second-order valence-electron chi connectivity index (χ2n) is 6.00. The number of rotatable bonds is 4. The molecule has 0 aliphatic heterocycles. The zero-order valence-electron chi connectivity index (χ0n) is 12.6. The molecule has 0 spiro atoms. The van der Waals surface area contributed by atoms with Gasteiger partial charge in [-0.25, -0.2) is 4.79 Å². The lowest BCUT2D eigenvalue weighted by Gasteiger charge is -2.22. The summed E-state index contributed by atoms with van der Waals surface area (Å²) in [7, 11) is 0. The number of Topliss-reactive ketones (excluding diaryl/α,β-unsaturated/α-hetero) is 1. The molecule has 5 nitrogen and oxygen atoms in total. The van der Waals surface area contributed by atoms with E-state index in [0.29, 0.717) is 12.8 Å². The number of hydrogen-bond acceptors (Lipinski definition) is 3. The lowest BCUT2D eigenvalue weighted by molar-refractivity contribution is -0.159. The van der Waals surface area contributed by atoms with Crippen molar-refractivity contribution in [3.63, 3.8) is 0 Å². The molecule has 1 saturated carbocycles. The van der Waals surface area contributed by atoms with Crippen molar-refractivity contribution in [2.24, 2.45) is 11.8 Å². The van der Waals surface area contributed by atoms with Crippen molar-refractivity contribution in [1.29, 1.82) is 0 Å². The van der Waals surface area contributed by atoms with Crippen molar-refractivity contribution in [1.82, 2.24) is 0 Å². The maximum atomic E-state index is 11.7. The van der Waals surface area contributed by atoms with Crippen LogP contribution in [0.3, 0.4) is 0 Å². The molecule has 0 bridgehead atoms. The third-order valence-electron chi connectivity index (χ3n) is 4.38. The van der Waals surface area contributed by atoms with E-state index in [1.54, 1.807) is 0 Å². The van der Waals surface area contributed by atoms with Crippen LogP contribution < -0.4 is 0 Å². The second kappa shape index (κ2) is 9.53. The van der Waals surface area contributed by atoms with Gasteiger partial charge >= 0.3 is 11.9 Å². The number of carboxylic acid groups (broad SMARTS) is 2. The Morgan fingerprint density at radius 1 is 0.714 bits per heavy atom. The van der Waals surface area contributed by atoms with Crippen molar-refractivity contribution >= 4 is 17.7 Å². The Labute approximate surface area is 125 Å². The zero-order chi connectivity index (χ0) is 15.7. The van der Waals surface area contributed by atoms with E-state index in [2.05, 4.69) is 0 Å². The van der Waals surface area contributed by atoms with E-state index in [1.807, 2.05) is 0 Å². The minimum Gasteiger partial charge on any atom is -0.481 e. The van der Waals surface area contributed by atoms with Crippen LogP contribution in [0, 0.1) is 11.8 Å². The predicted molar refractivity (Wildman–Crippen MR) is 78.0 cm³/mol. The summed E-state index contributed by atoms with van der Waals surface area (Å²) in [6.45, 7) is 0. The first-order valence-corrected chi connectivity index (χ1v) is 8.04. The fraction of sp³-hybridized carbons (Fsp3) is 0.812. The van der Waals surface area contributed by atoms with E-state index in [9.17, 15) is 19.5 Å². The maximum Gasteiger partial charge on any atom is 0.373 e. The average Bonchev–Trinajstić information content (AvgIpc) is 2.41. The van der Waals surface area contributed by atoms with Gasteiger partial charge in [-0.15, -0.1) is 0 Å². The first kappa shape index (κ1) is 17.7. The molecule has 1 atom stereocenters. The summed E-state index contributed by atoms with van der Waals surface area (Å²) in [6, 6.07) is 0. The average molecular weight is 298 g/mol. The van der Waals surface area contributed by atoms with Crippen LogP contribution in [0.1, 0.15) is 70.6 Å². The van der Waals surface area contributed by atoms with Gasteiger partial charge in [-0.3, -0.25) is 9.59 Å². The number of hydrogen-bond donors (Lipinski definition) is 2. The summed E-state index contributed by atoms with van der Waals surface area (Å²) in [4.78, 5) is 33.9. The van der Waals surface area contributed by atoms with Gasteiger partial charge in [0.15, 0.2) is 0 Å². The van der Waals surface area contributed by atoms with Crippen LogP contribution >= 0.6 is 0 Å². The van der Waals surface area contributed by atoms with Gasteiger partial charge in [0.05, 0.1) is 0 Å². The van der Waals surface area contributed by atoms with E-state index in [1.165, 1.54) is 19.3 Å². The Morgan fingerprint density at radius 2 is 1.10 bits per heavy atom. The summed E-state index contributed by atoms with van der Waals surface area (Å²) >= 11 is 0. The smallest absolute Gasteiger partial charge is 0.373 e. The van der Waals surface area contributed by atoms with Crippen LogP contribution in [0.2, 0.25) is 0 Å². The topological polar surface area (TPSA) is 91.7 Å². The number of carbonyl (C=O) groups is 3. The summed E-state index contributed by atoms with van der Waals surface area (Å²) in [6.07, 6.45) is 11.0. The van der Waals surface area contributed by atoms with Gasteiger partial charge < -0.3 is 10.2 Å². The number of aliphatic carboxylic acids is 2. The fourth-order valence-corrected chi connectivity index (χ4v) is 3.19. The molecule has 2 N–H and O–H groups in total. The lowest BCUT2D eigenvalue weighted by Crippen LogP contribution is -2.36. The van der Waals surface area contributed by atoms with E-state index in [-0.39, 0.29) is 5.92 Å². The van der Waals surface area contributed by atoms with Crippen LogP contribution in [-0.2, 0) is 14.4 Å². The molecule has 1 unspecified atom stereocenters. The molecule has 21 heavy (non-hydrogen) atoms. The Hall–Kier alpha value is -1.39. The van der Waals surface area contributed by atoms with Crippen molar-refractivity contribution in [3.8, 4) is 0 Å². The normalized spacial score (nSPS) is 20.8. The van der Waals surface area contributed by atoms with Crippen molar-refractivity contribution < 1.29 is 24.6 Å². The van der Waals surface area contributed by atoms with Crippen LogP contribution in [0.15, 0.2) is 0 Å². The van der Waals surface area contributed by atoms with Gasteiger partial charge in [-0.2, -0.15) is 0 Å². The monoisotopic (exact) mass is 298 g/mol. The SMILES string of the molecule is O=C(O)C(=O)C(C(=O)O)C1CCCCCCCCCCC1. The summed E-state index contributed by atoms with van der Waals surface area (Å²) in [5.41, 5.74) is 0. The van der Waals surface area contributed by atoms with Crippen LogP contribution in [0.25, 0.3) is 0 Å². The van der Waals surface area contributed by atoms with Crippen LogP contribution in [0.5, 0.6) is 0 Å². The van der Waals surface area contributed by atoms with Gasteiger partial charge in [0, 0.05) is 0 Å². The number of carboxylic acids is 2. The first-order valence-electron chi connectivity index (χ1n) is 8.04. The van der Waals surface area contributed by atoms with E-state index >= 15 is 0 Å². The number of carbonyl (C=O) groups excluding carboxylic acids is 1. The molecular weight excluding hydrogens is 272 g/mol. The van der Waals surface area contributed by atoms with Gasteiger partial charge in [0.25, 0.3) is 5.78 Å². The third kappa shape index (κ3) is 6.27. The van der Waals surface area contributed by atoms with Crippen molar-refractivity contribution in [2.75, 3.05) is 0 Å². The molecule has 0 saturated heterocycles. The predicted octanol–water partition coefficient (Wildman–Crippen LogP) is 3.26. The largest absolute Gasteiger partial charge is 0.481 e. The van der Waals surface area contributed by atoms with Gasteiger partial charge in [-0.05, 0) is 18.8 Å². The van der Waals surface area contributed by atoms with Crippen LogP contribution in [0.4, 0.5) is 0 Å². The first-order chi connectivity index (χ1) is 10.0. The Morgan fingerprint density at radius 3 is 1.43 bits per heavy atom. The van der Waals surface area contributed by atoms with Gasteiger partial charge in [-0.1, -0.05) is 57.8 Å². The molecule has 1 aliphatic rings. The molecule has 0 aromatic carbocycles. The van der Waals surface area contributed by atoms with Crippen LogP contribution in [-0.4, -0.2) is 27.9 Å². The molecule has 0 aromatic heterocycles. The highest BCUT2D eigenvalue weighted by Gasteiger charge is 2.37. The number of ketones is 1. The summed E-state index contributed by atoms with van der Waals surface area (Å²) in [5.74, 6) is -5.82. The highest BCUT2D eigenvalue weighted by Crippen LogP contribution is 2.28. The molecule has 0 heterocycles. The molecule has 1 fully saturated rings. The Balaban J connectivity index is 2.72. The highest BCUT2D eigenvalue weighted by molar-refractivity contribution is 6.37. The second-order valence-corrected chi connectivity index (χ2v) is 6.00. The summed E-state index contributed by atoms with van der Waals surface area (Å²) < 4.78 is 0. The fourth-order valence-electron chi connectivity index (χ4n) is 3.19. The quantitative estimate of drug-likeness (QED) is 0.614. The Bertz CT molecular complexity index is 352. The molecule has 5 heteroatoms. The van der Waals surface area contributed by atoms with E-state index in [0.717, 1.165) is 38.5 Å². The Kier molecular flexibility index (Phi) is 8.01. The highest BCUT2D eigenvalue weighted by atomic mass is 16.4. The van der Waals surface area contributed by atoms with Gasteiger partial charge in [0.2, 0.25) is 0 Å². The molecule has 1 rings (SSSR count). The molecule has 1 aliphatic carbocycles. The van der Waals surface area contributed by atoms with Crippen molar-refractivity contribution in [3.05, 3.63) is 0 Å². The molecular formula is C16H26O5. The molecule has 120 valence electrons.